The minimum atomic E-state index is -1.04. The number of pyridine rings is 1. The zero-order valence-electron chi connectivity index (χ0n) is 23.5. The van der Waals surface area contributed by atoms with Crippen LogP contribution in [0.25, 0.3) is 11.2 Å². The first-order valence-corrected chi connectivity index (χ1v) is 12.7. The Balaban J connectivity index is 1.87. The number of halogens is 1. The highest BCUT2D eigenvalue weighted by Crippen LogP contribution is 2.29. The summed E-state index contributed by atoms with van der Waals surface area (Å²) in [6.07, 6.45) is 0.532. The quantitative estimate of drug-likeness (QED) is 0.341. The predicted molar refractivity (Wildman–Crippen MR) is 148 cm³/mol. The average molecular weight is 564 g/mol. The fourth-order valence-electron chi connectivity index (χ4n) is 3.63. The van der Waals surface area contributed by atoms with E-state index in [4.69, 9.17) is 9.47 Å². The van der Waals surface area contributed by atoms with Gasteiger partial charge in [0.2, 0.25) is 5.95 Å². The summed E-state index contributed by atoms with van der Waals surface area (Å²) in [7, 11) is 0. The number of ether oxygens (including phenoxy) is 2. The van der Waals surface area contributed by atoms with E-state index in [1.807, 2.05) is 0 Å². The predicted octanol–water partition coefficient (Wildman–Crippen LogP) is 5.34. The summed E-state index contributed by atoms with van der Waals surface area (Å²) in [6.45, 7) is 10.00. The molecule has 0 bridgehead atoms. The topological polar surface area (TPSA) is 141 Å². The van der Waals surface area contributed by atoms with Crippen LogP contribution < -0.4 is 10.2 Å². The molecule has 1 N–H and O–H groups in total. The lowest BCUT2D eigenvalue weighted by molar-refractivity contribution is 0.0429. The number of benzene rings is 1. The zero-order valence-corrected chi connectivity index (χ0v) is 23.5. The maximum atomic E-state index is 13.6. The second-order valence-corrected chi connectivity index (χ2v) is 11.0. The Morgan fingerprint density at radius 3 is 2.10 bits per heavy atom. The number of fused-ring (bicyclic) bond motifs is 1. The van der Waals surface area contributed by atoms with E-state index in [1.165, 1.54) is 29.0 Å². The molecule has 1 aromatic carbocycles. The lowest BCUT2D eigenvalue weighted by Crippen LogP contribution is -2.44. The molecule has 4 aromatic rings. The molecule has 0 aliphatic rings. The molecule has 0 unspecified atom stereocenters. The molecule has 41 heavy (non-hydrogen) atoms. The monoisotopic (exact) mass is 563 g/mol. The molecule has 0 spiro atoms. The Morgan fingerprint density at radius 1 is 0.902 bits per heavy atom. The molecule has 3 aromatic heterocycles. The Bertz CT molecular complexity index is 1550. The number of hydrogen-bond donors (Lipinski definition) is 1. The normalized spacial score (nSPS) is 11.7. The van der Waals surface area contributed by atoms with Gasteiger partial charge in [-0.05, 0) is 71.4 Å². The third-order valence-electron chi connectivity index (χ3n) is 5.25. The van der Waals surface area contributed by atoms with Crippen LogP contribution in [0.3, 0.4) is 0 Å². The molecule has 12 nitrogen and oxygen atoms in total. The van der Waals surface area contributed by atoms with Gasteiger partial charge < -0.3 is 9.47 Å². The number of amides is 3. The number of imidazole rings is 1. The van der Waals surface area contributed by atoms with Gasteiger partial charge in [-0.25, -0.2) is 28.9 Å². The van der Waals surface area contributed by atoms with Gasteiger partial charge in [0.25, 0.3) is 5.91 Å². The minimum absolute atomic E-state index is 0.00245. The summed E-state index contributed by atoms with van der Waals surface area (Å²) in [5.41, 5.74) is -0.936. The van der Waals surface area contributed by atoms with E-state index in [0.29, 0.717) is 10.5 Å². The molecule has 214 valence electrons. The van der Waals surface area contributed by atoms with Crippen molar-refractivity contribution in [1.82, 2.24) is 24.5 Å². The fourth-order valence-corrected chi connectivity index (χ4v) is 3.63. The molecule has 0 saturated heterocycles. The van der Waals surface area contributed by atoms with Crippen LogP contribution in [0.5, 0.6) is 0 Å². The van der Waals surface area contributed by atoms with Gasteiger partial charge in [0.15, 0.2) is 17.0 Å². The largest absolute Gasteiger partial charge is 0.443 e. The molecule has 0 aliphatic heterocycles. The summed E-state index contributed by atoms with van der Waals surface area (Å²) in [5.74, 6) is -1.17. The van der Waals surface area contributed by atoms with Crippen LogP contribution in [-0.4, -0.2) is 53.8 Å². The maximum absolute atomic E-state index is 13.6. The number of carbonyl (C=O) groups excluding carboxylic acids is 3. The minimum Gasteiger partial charge on any atom is -0.443 e. The highest BCUT2D eigenvalue weighted by Gasteiger charge is 2.36. The van der Waals surface area contributed by atoms with Crippen molar-refractivity contribution in [2.24, 2.45) is 0 Å². The Kier molecular flexibility index (Phi) is 7.99. The van der Waals surface area contributed by atoms with Gasteiger partial charge in [0.05, 0.1) is 6.54 Å². The number of rotatable bonds is 5. The summed E-state index contributed by atoms with van der Waals surface area (Å²) < 4.78 is 26.1. The molecule has 0 radical (unpaired) electrons. The van der Waals surface area contributed by atoms with Crippen molar-refractivity contribution in [3.63, 3.8) is 0 Å². The van der Waals surface area contributed by atoms with Crippen LogP contribution in [0, 0.1) is 5.82 Å². The number of aromatic nitrogens is 5. The first-order chi connectivity index (χ1) is 19.2. The Morgan fingerprint density at radius 2 is 1.54 bits per heavy atom. The van der Waals surface area contributed by atoms with Crippen LogP contribution in [0.15, 0.2) is 55.0 Å². The van der Waals surface area contributed by atoms with E-state index in [9.17, 15) is 18.8 Å². The van der Waals surface area contributed by atoms with Gasteiger partial charge in [0, 0.05) is 6.20 Å². The van der Waals surface area contributed by atoms with Crippen LogP contribution in [0.4, 0.5) is 25.7 Å². The lowest BCUT2D eigenvalue weighted by Gasteiger charge is -2.28. The number of anilines is 2. The van der Waals surface area contributed by atoms with Gasteiger partial charge >= 0.3 is 12.2 Å². The number of hydrogen-bond acceptors (Lipinski definition) is 9. The number of imide groups is 1. The van der Waals surface area contributed by atoms with Crippen molar-refractivity contribution >= 4 is 41.0 Å². The van der Waals surface area contributed by atoms with E-state index >= 15 is 0 Å². The molecule has 3 amide bonds. The van der Waals surface area contributed by atoms with Gasteiger partial charge in [0.1, 0.15) is 29.0 Å². The van der Waals surface area contributed by atoms with Crippen molar-refractivity contribution < 1.29 is 28.2 Å². The molecule has 13 heteroatoms. The molecule has 0 saturated carbocycles. The molecular weight excluding hydrogens is 533 g/mol. The first kappa shape index (κ1) is 29.1. The third-order valence-corrected chi connectivity index (χ3v) is 5.25. The molecule has 4 rings (SSSR count). The summed E-state index contributed by atoms with van der Waals surface area (Å²) in [6, 6.07) is 10.6. The van der Waals surface area contributed by atoms with Crippen molar-refractivity contribution in [3.8, 4) is 0 Å². The molecule has 0 fully saturated rings. The molecule has 3 heterocycles. The highest BCUT2D eigenvalue weighted by molar-refractivity contribution is 6.13. The third kappa shape index (κ3) is 7.18. The molecule has 0 atom stereocenters. The average Bonchev–Trinajstić information content (AvgIpc) is 3.21. The number of nitrogens with zero attached hydrogens (tertiary/aromatic N) is 6. The van der Waals surface area contributed by atoms with Crippen molar-refractivity contribution in [2.45, 2.75) is 59.3 Å². The molecular formula is C28H30FN7O5. The van der Waals surface area contributed by atoms with Crippen molar-refractivity contribution in [2.75, 3.05) is 10.2 Å². The van der Waals surface area contributed by atoms with E-state index < -0.39 is 35.1 Å². The van der Waals surface area contributed by atoms with E-state index in [0.717, 1.165) is 6.33 Å². The first-order valence-electron chi connectivity index (χ1n) is 12.7. The number of nitrogens with one attached hydrogen (secondary N) is 1. The second-order valence-electron chi connectivity index (χ2n) is 11.0. The SMILES string of the molecule is CC(C)(C)OC(=O)N(C(=O)OC(C)(C)C)c1ncnc2c1nc(NC(=O)c1ccccn1)n2Cc1ccc(F)cc1. The lowest BCUT2D eigenvalue weighted by atomic mass is 10.2. The maximum Gasteiger partial charge on any atom is 0.425 e. The summed E-state index contributed by atoms with van der Waals surface area (Å²) in [4.78, 5) is 57.3. The van der Waals surface area contributed by atoms with Crippen molar-refractivity contribution in [3.05, 3.63) is 72.1 Å². The van der Waals surface area contributed by atoms with Crippen LogP contribution >= 0.6 is 0 Å². The van der Waals surface area contributed by atoms with Crippen LogP contribution in [-0.2, 0) is 16.0 Å². The Hall–Kier alpha value is -4.94. The second kappa shape index (κ2) is 11.3. The Labute approximate surface area is 235 Å². The van der Waals surface area contributed by atoms with Gasteiger partial charge in [-0.3, -0.25) is 19.7 Å². The van der Waals surface area contributed by atoms with E-state index in [-0.39, 0.29) is 35.2 Å². The number of carbonyl (C=O) groups is 3. The molecule has 0 aliphatic carbocycles. The van der Waals surface area contributed by atoms with Gasteiger partial charge in [-0.1, -0.05) is 18.2 Å². The summed E-state index contributed by atoms with van der Waals surface area (Å²) in [5, 5.41) is 2.71. The van der Waals surface area contributed by atoms with Gasteiger partial charge in [-0.2, -0.15) is 4.90 Å². The summed E-state index contributed by atoms with van der Waals surface area (Å²) >= 11 is 0. The van der Waals surface area contributed by atoms with Crippen molar-refractivity contribution in [1.29, 1.82) is 0 Å². The van der Waals surface area contributed by atoms with Crippen LogP contribution in [0.1, 0.15) is 57.6 Å². The smallest absolute Gasteiger partial charge is 0.425 e. The standard InChI is InChI=1S/C28H30FN7O5/c1-27(2,3)40-25(38)36(26(39)41-28(4,5)6)22-20-21(31-16-32-22)35(15-17-10-12-18(29)13-11-17)24(33-20)34-23(37)19-9-7-8-14-30-19/h7-14,16H,15H2,1-6H3,(H,33,34,37). The fraction of sp³-hybridized carbons (Fsp3) is 0.321. The van der Waals surface area contributed by atoms with E-state index in [1.54, 1.807) is 65.8 Å². The zero-order chi connectivity index (χ0) is 29.9. The van der Waals surface area contributed by atoms with Gasteiger partial charge in [-0.15, -0.1) is 0 Å². The van der Waals surface area contributed by atoms with Crippen LogP contribution in [0.2, 0.25) is 0 Å². The van der Waals surface area contributed by atoms with E-state index in [2.05, 4.69) is 25.3 Å². The highest BCUT2D eigenvalue weighted by atomic mass is 19.1.